The summed E-state index contributed by atoms with van der Waals surface area (Å²) in [4.78, 5) is 5.16. The van der Waals surface area contributed by atoms with Crippen LogP contribution < -0.4 is 9.80 Å². The van der Waals surface area contributed by atoms with Crippen LogP contribution in [0.4, 0.5) is 34.1 Å². The smallest absolute Gasteiger partial charge is 0.0640 e. The van der Waals surface area contributed by atoms with Crippen molar-refractivity contribution in [2.24, 2.45) is 0 Å². The minimum absolute atomic E-state index is 0.286. The molecule has 0 amide bonds. The highest BCUT2D eigenvalue weighted by molar-refractivity contribution is 7.26. The van der Waals surface area contributed by atoms with E-state index in [0.29, 0.717) is 11.8 Å². The lowest BCUT2D eigenvalue weighted by atomic mass is 9.84. The van der Waals surface area contributed by atoms with Gasteiger partial charge in [0.2, 0.25) is 0 Å². The van der Waals surface area contributed by atoms with Gasteiger partial charge in [0.05, 0.1) is 32.1 Å². The topological polar surface area (TPSA) is 6.48 Å². The Labute approximate surface area is 408 Å². The second kappa shape index (κ2) is 16.5. The Morgan fingerprint density at radius 1 is 0.309 bits per heavy atom. The van der Waals surface area contributed by atoms with Crippen LogP contribution in [0.15, 0.2) is 170 Å². The van der Waals surface area contributed by atoms with Crippen molar-refractivity contribution in [2.75, 3.05) is 9.80 Å². The first-order chi connectivity index (χ1) is 33.0. The monoisotopic (exact) mass is 916 g/mol. The number of hydrogen-bond acceptors (Lipinski definition) is 4. The summed E-state index contributed by atoms with van der Waals surface area (Å²) in [6, 6.07) is 65.1. The van der Waals surface area contributed by atoms with E-state index in [1.165, 1.54) is 129 Å². The Balaban J connectivity index is 1.20. The zero-order valence-electron chi connectivity index (χ0n) is 40.2. The summed E-state index contributed by atoms with van der Waals surface area (Å²) >= 11 is 3.80. The molecule has 12 aromatic rings. The summed E-state index contributed by atoms with van der Waals surface area (Å²) in [6.07, 6.45) is 0. The van der Waals surface area contributed by atoms with Crippen LogP contribution in [0.3, 0.4) is 0 Å². The average Bonchev–Trinajstić information content (AvgIpc) is 3.93. The molecule has 2 nitrogen and oxygen atoms in total. The molecule has 2 heterocycles. The molecule has 0 spiro atoms. The van der Waals surface area contributed by atoms with Crippen LogP contribution in [0, 0.1) is 0 Å². The molecule has 0 saturated carbocycles. The van der Waals surface area contributed by atoms with Gasteiger partial charge in [-0.25, -0.2) is 0 Å². The average molecular weight is 917 g/mol. The van der Waals surface area contributed by atoms with Crippen molar-refractivity contribution in [2.45, 2.75) is 79.1 Å². The predicted octanol–water partition coefficient (Wildman–Crippen LogP) is 20.8. The maximum Gasteiger partial charge on any atom is 0.0640 e. The Morgan fingerprint density at radius 2 is 0.676 bits per heavy atom. The summed E-state index contributed by atoms with van der Waals surface area (Å²) in [5.41, 5.74) is 12.6. The first kappa shape index (κ1) is 42.6. The van der Waals surface area contributed by atoms with Gasteiger partial charge < -0.3 is 9.80 Å². The lowest BCUT2D eigenvalue weighted by molar-refractivity contribution is 0.866. The van der Waals surface area contributed by atoms with Gasteiger partial charge in [0, 0.05) is 53.1 Å². The summed E-state index contributed by atoms with van der Waals surface area (Å²) in [5.74, 6) is 1.45. The summed E-state index contributed by atoms with van der Waals surface area (Å²) < 4.78 is 5.23. The van der Waals surface area contributed by atoms with Crippen LogP contribution >= 0.6 is 22.7 Å². The van der Waals surface area contributed by atoms with Crippen molar-refractivity contribution in [1.29, 1.82) is 0 Å². The molecule has 334 valence electrons. The van der Waals surface area contributed by atoms with E-state index in [9.17, 15) is 0 Å². The van der Waals surface area contributed by atoms with Crippen molar-refractivity contribution >= 4 is 129 Å². The predicted molar refractivity (Wildman–Crippen MR) is 302 cm³/mol. The van der Waals surface area contributed by atoms with E-state index >= 15 is 0 Å². The lowest BCUT2D eigenvalue weighted by Gasteiger charge is -2.32. The molecule has 4 heteroatoms. The zero-order valence-corrected chi connectivity index (χ0v) is 41.8. The van der Waals surface area contributed by atoms with Crippen molar-refractivity contribution in [3.05, 3.63) is 192 Å². The number of anilines is 6. The third-order valence-corrected chi connectivity index (χ3v) is 16.9. The highest BCUT2D eigenvalue weighted by atomic mass is 32.1. The van der Waals surface area contributed by atoms with E-state index in [0.717, 1.165) is 0 Å². The molecular weight excluding hydrogens is 861 g/mol. The Morgan fingerprint density at radius 3 is 1.06 bits per heavy atom. The van der Waals surface area contributed by atoms with E-state index in [2.05, 4.69) is 235 Å². The van der Waals surface area contributed by atoms with Gasteiger partial charge in [0.1, 0.15) is 0 Å². The van der Waals surface area contributed by atoms with E-state index in [-0.39, 0.29) is 11.8 Å². The van der Waals surface area contributed by atoms with Crippen molar-refractivity contribution in [3.63, 3.8) is 0 Å². The normalized spacial score (nSPS) is 12.4. The Hall–Kier alpha value is -6.72. The van der Waals surface area contributed by atoms with Gasteiger partial charge in [0.15, 0.2) is 0 Å². The molecular formula is C64H56N2S2. The molecule has 0 saturated heterocycles. The van der Waals surface area contributed by atoms with E-state index in [1.54, 1.807) is 0 Å². The minimum atomic E-state index is 0.286. The van der Waals surface area contributed by atoms with Gasteiger partial charge in [-0.15, -0.1) is 22.7 Å². The molecule has 0 aliphatic rings. The van der Waals surface area contributed by atoms with Crippen LogP contribution in [0.5, 0.6) is 0 Å². The van der Waals surface area contributed by atoms with Crippen molar-refractivity contribution < 1.29 is 0 Å². The maximum atomic E-state index is 2.58. The standard InChI is InChI=1S/C64H56N2S2/c1-37(2)41-23-27-43(28-24-41)65(55-19-13-17-49-45-15-9-11-21-59(45)67-63(49)55)57-35-53(39(5)6)47-32-34-52-58(36-54(40(7)8)48-31-33-51(57)61(47)62(48)52)66(44-29-25-42(26-30-44)38(3)4)56-20-14-18-50-46-16-10-12-22-60(46)68-64(50)56/h9-40H,1-8H3. The molecule has 0 atom stereocenters. The van der Waals surface area contributed by atoms with Crippen molar-refractivity contribution in [3.8, 4) is 0 Å². The highest BCUT2D eigenvalue weighted by Crippen LogP contribution is 2.54. The third kappa shape index (κ3) is 6.71. The van der Waals surface area contributed by atoms with E-state index in [1.807, 2.05) is 22.7 Å². The van der Waals surface area contributed by atoms with Gasteiger partial charge in [-0.3, -0.25) is 0 Å². The fourth-order valence-electron chi connectivity index (χ4n) is 11.0. The number of nitrogens with zero attached hydrogens (tertiary/aromatic N) is 2. The summed E-state index contributed by atoms with van der Waals surface area (Å²) in [5, 5.41) is 13.1. The number of thiophene rings is 2. The molecule has 12 rings (SSSR count). The fraction of sp³-hybridized carbons (Fsp3) is 0.188. The lowest BCUT2D eigenvalue weighted by Crippen LogP contribution is -2.13. The number of benzene rings is 10. The second-order valence-electron chi connectivity index (χ2n) is 20.0. The molecule has 0 aliphatic carbocycles. The SMILES string of the molecule is CC(C)c1ccc(N(c2cc(C(C)C)c3ccc4c(N(c5ccc(C(C)C)cc5)c5cccc6c5sc5ccccc56)cc(C(C)C)c5ccc2c3c54)c2cccc3c2sc2ccccc23)cc1. The molecule has 0 fully saturated rings. The molecule has 0 aliphatic heterocycles. The maximum absolute atomic E-state index is 2.58. The van der Waals surface area contributed by atoms with Crippen LogP contribution in [-0.4, -0.2) is 0 Å². The number of fused-ring (bicyclic) bond motifs is 6. The molecule has 68 heavy (non-hydrogen) atoms. The highest BCUT2D eigenvalue weighted by Gasteiger charge is 2.28. The summed E-state index contributed by atoms with van der Waals surface area (Å²) in [6.45, 7) is 18.6. The first-order valence-corrected chi connectivity index (χ1v) is 26.1. The van der Waals surface area contributed by atoms with Gasteiger partial charge in [-0.1, -0.05) is 165 Å². The largest absolute Gasteiger partial charge is 0.308 e. The van der Waals surface area contributed by atoms with Gasteiger partial charge in [-0.05, 0) is 128 Å². The zero-order chi connectivity index (χ0) is 46.5. The Bertz CT molecular complexity index is 3610. The minimum Gasteiger partial charge on any atom is -0.308 e. The number of hydrogen-bond donors (Lipinski definition) is 0. The van der Waals surface area contributed by atoms with Crippen LogP contribution in [-0.2, 0) is 0 Å². The second-order valence-corrected chi connectivity index (χ2v) is 22.1. The quantitative estimate of drug-likeness (QED) is 0.126. The Kier molecular flexibility index (Phi) is 10.3. The molecule has 0 bridgehead atoms. The van der Waals surface area contributed by atoms with Crippen molar-refractivity contribution in [1.82, 2.24) is 0 Å². The van der Waals surface area contributed by atoms with E-state index < -0.39 is 0 Å². The van der Waals surface area contributed by atoms with Gasteiger partial charge in [0.25, 0.3) is 0 Å². The van der Waals surface area contributed by atoms with Gasteiger partial charge in [-0.2, -0.15) is 0 Å². The van der Waals surface area contributed by atoms with Crippen LogP contribution in [0.25, 0.3) is 72.7 Å². The molecule has 0 radical (unpaired) electrons. The molecule has 2 aromatic heterocycles. The fourth-order valence-corrected chi connectivity index (χ4v) is 13.4. The van der Waals surface area contributed by atoms with E-state index in [4.69, 9.17) is 0 Å². The van der Waals surface area contributed by atoms with Crippen LogP contribution in [0.1, 0.15) is 101 Å². The van der Waals surface area contributed by atoms with Crippen LogP contribution in [0.2, 0.25) is 0 Å². The first-order valence-electron chi connectivity index (χ1n) is 24.4. The third-order valence-electron chi connectivity index (χ3n) is 14.5. The molecule has 10 aromatic carbocycles. The van der Waals surface area contributed by atoms with Gasteiger partial charge >= 0.3 is 0 Å². The number of rotatable bonds is 10. The summed E-state index contributed by atoms with van der Waals surface area (Å²) in [7, 11) is 0. The molecule has 0 unspecified atom stereocenters. The molecule has 0 N–H and O–H groups in total.